The Labute approximate surface area is 302 Å². The van der Waals surface area contributed by atoms with Crippen LogP contribution in [0.15, 0.2) is 160 Å². The highest BCUT2D eigenvalue weighted by molar-refractivity contribution is 7.80. The van der Waals surface area contributed by atoms with Gasteiger partial charge in [-0.3, -0.25) is 0 Å². The van der Waals surface area contributed by atoms with E-state index >= 15 is 0 Å². The first kappa shape index (κ1) is 33.4. The van der Waals surface area contributed by atoms with Gasteiger partial charge in [0.2, 0.25) is 8.32 Å². The van der Waals surface area contributed by atoms with Gasteiger partial charge in [-0.2, -0.15) is 0 Å². The quantitative estimate of drug-likeness (QED) is 0.121. The lowest BCUT2D eigenvalue weighted by atomic mass is 9.99. The molecule has 0 amide bonds. The first-order valence-corrected chi connectivity index (χ1v) is 22.6. The van der Waals surface area contributed by atoms with Crippen molar-refractivity contribution >= 4 is 83.9 Å². The number of hydrogen-bond acceptors (Lipinski definition) is 4. The zero-order valence-corrected chi connectivity index (χ0v) is 32.3. The van der Waals surface area contributed by atoms with Crippen molar-refractivity contribution in [1.29, 1.82) is 0 Å². The summed E-state index contributed by atoms with van der Waals surface area (Å²) < 4.78 is 27.5. The highest BCUT2D eigenvalue weighted by Gasteiger charge is 2.39. The molecule has 8 aromatic rings. The minimum absolute atomic E-state index is 0.0479. The Kier molecular flexibility index (Phi) is 8.76. The molecule has 0 spiro atoms. The van der Waals surface area contributed by atoms with Crippen molar-refractivity contribution in [3.8, 4) is 11.5 Å². The number of benzene rings is 7. The predicted octanol–water partition coefficient (Wildman–Crippen LogP) is 12.6. The molecule has 7 heteroatoms. The van der Waals surface area contributed by atoms with Crippen LogP contribution in [0.3, 0.4) is 0 Å². The number of hydrogen-bond donors (Lipinski definition) is 0. The van der Waals surface area contributed by atoms with E-state index in [2.05, 4.69) is 173 Å². The summed E-state index contributed by atoms with van der Waals surface area (Å²) >= 11 is 0. The highest BCUT2D eigenvalue weighted by atomic mass is 31.1. The third-order valence-electron chi connectivity index (χ3n) is 9.93. The van der Waals surface area contributed by atoms with Crippen molar-refractivity contribution in [2.24, 2.45) is 0 Å². The molecule has 0 saturated heterocycles. The van der Waals surface area contributed by atoms with Crippen LogP contribution < -0.4 is 24.9 Å². The summed E-state index contributed by atoms with van der Waals surface area (Å²) in [5, 5.41) is 10.1. The molecule has 0 aliphatic rings. The van der Waals surface area contributed by atoms with Crippen LogP contribution in [0.4, 0.5) is 0 Å². The Morgan fingerprint density at radius 3 is 1.57 bits per heavy atom. The second-order valence-corrected chi connectivity index (χ2v) is 22.2. The molecule has 4 nitrogen and oxygen atoms in total. The van der Waals surface area contributed by atoms with Gasteiger partial charge >= 0.3 is 8.24 Å². The van der Waals surface area contributed by atoms with E-state index in [9.17, 15) is 0 Å². The minimum atomic E-state index is -2.13. The molecule has 51 heavy (non-hydrogen) atoms. The van der Waals surface area contributed by atoms with E-state index in [1.807, 2.05) is 12.1 Å². The van der Waals surface area contributed by atoms with Gasteiger partial charge in [-0.05, 0) is 88.5 Å². The van der Waals surface area contributed by atoms with Gasteiger partial charge in [0.25, 0.3) is 0 Å². The van der Waals surface area contributed by atoms with Gasteiger partial charge in [-0.15, -0.1) is 0 Å². The first-order valence-electron chi connectivity index (χ1n) is 17.3. The van der Waals surface area contributed by atoms with Gasteiger partial charge < -0.3 is 17.3 Å². The molecular formula is C44H40O4P2Si. The normalized spacial score (nSPS) is 12.2. The SMILES string of the molecule is CC(C)(C)[Si](C)(C)Oc1ccc(Op2oc3ccc4ccccc4c3c3c(ccc4ccccc43)o2)c(P(c2ccccc2)c2ccccc2)c1. The van der Waals surface area contributed by atoms with E-state index in [1.165, 1.54) is 10.6 Å². The summed E-state index contributed by atoms with van der Waals surface area (Å²) in [7, 11) is -5.07. The van der Waals surface area contributed by atoms with Crippen LogP contribution in [0.25, 0.3) is 43.5 Å². The standard InChI is InChI=1S/C44H40O4P2Si/c1-44(2,3)51(4,5)48-33-26-29-38(41(30-33)49(34-18-8-6-9-19-34)35-20-10-7-11-21-35)45-50-46-39-27-24-31-16-12-14-22-36(31)42(39)43-37-23-15-13-17-32(37)25-28-40(43)47-50/h6-30H,1-5H3. The molecule has 254 valence electrons. The Morgan fingerprint density at radius 1 is 0.569 bits per heavy atom. The summed E-state index contributed by atoms with van der Waals surface area (Å²) in [5.74, 6) is 1.57. The van der Waals surface area contributed by atoms with Crippen LogP contribution in [0.1, 0.15) is 20.8 Å². The average molecular weight is 723 g/mol. The van der Waals surface area contributed by atoms with E-state index in [-0.39, 0.29) is 5.04 Å². The lowest BCUT2D eigenvalue weighted by Gasteiger charge is -2.36. The summed E-state index contributed by atoms with van der Waals surface area (Å²) in [6.45, 7) is 11.4. The van der Waals surface area contributed by atoms with Gasteiger partial charge in [0.15, 0.2) is 0 Å². The van der Waals surface area contributed by atoms with Crippen molar-refractivity contribution in [3.63, 3.8) is 0 Å². The lowest BCUT2D eigenvalue weighted by molar-refractivity contribution is 0.487. The summed E-state index contributed by atoms with van der Waals surface area (Å²) in [4.78, 5) is 0. The second kappa shape index (κ2) is 13.4. The van der Waals surface area contributed by atoms with E-state index in [0.717, 1.165) is 54.5 Å². The van der Waals surface area contributed by atoms with Crippen molar-refractivity contribution in [3.05, 3.63) is 152 Å². The fraction of sp³-hybridized carbons (Fsp3) is 0.136. The van der Waals surface area contributed by atoms with Crippen molar-refractivity contribution in [1.82, 2.24) is 0 Å². The Bertz CT molecular complexity index is 2420. The molecule has 0 radical (unpaired) electrons. The topological polar surface area (TPSA) is 44.7 Å². The predicted molar refractivity (Wildman–Crippen MR) is 220 cm³/mol. The zero-order chi connectivity index (χ0) is 35.2. The third-order valence-corrected chi connectivity index (χ3v) is 17.8. The van der Waals surface area contributed by atoms with Crippen LogP contribution in [0.2, 0.25) is 18.1 Å². The summed E-state index contributed by atoms with van der Waals surface area (Å²) in [5.41, 5.74) is 1.48. The van der Waals surface area contributed by atoms with Crippen molar-refractivity contribution in [2.45, 2.75) is 38.9 Å². The van der Waals surface area contributed by atoms with E-state index in [4.69, 9.17) is 17.3 Å². The maximum atomic E-state index is 6.97. The van der Waals surface area contributed by atoms with Crippen LogP contribution in [-0.2, 0) is 0 Å². The molecule has 0 saturated carbocycles. The number of rotatable bonds is 7. The molecule has 0 aliphatic carbocycles. The Hall–Kier alpha value is -4.79. The summed E-state index contributed by atoms with van der Waals surface area (Å²) in [6, 6.07) is 52.9. The van der Waals surface area contributed by atoms with Gasteiger partial charge in [-0.1, -0.05) is 142 Å². The molecular weight excluding hydrogens is 683 g/mol. The smallest absolute Gasteiger partial charge is 0.453 e. The molecule has 8 rings (SSSR count). The fourth-order valence-corrected chi connectivity index (χ4v) is 10.9. The Balaban J connectivity index is 1.37. The van der Waals surface area contributed by atoms with Gasteiger partial charge in [-0.25, -0.2) is 0 Å². The highest BCUT2D eigenvalue weighted by Crippen LogP contribution is 2.45. The summed E-state index contributed by atoms with van der Waals surface area (Å²) in [6.07, 6.45) is 0. The molecule has 0 bridgehead atoms. The van der Waals surface area contributed by atoms with Gasteiger partial charge in [0, 0.05) is 16.1 Å². The average Bonchev–Trinajstić information content (AvgIpc) is 3.30. The van der Waals surface area contributed by atoms with E-state index in [1.54, 1.807) is 0 Å². The zero-order valence-electron chi connectivity index (χ0n) is 29.5. The monoisotopic (exact) mass is 722 g/mol. The number of fused-ring (bicyclic) bond motifs is 7. The van der Waals surface area contributed by atoms with Crippen molar-refractivity contribution < 1.29 is 17.3 Å². The van der Waals surface area contributed by atoms with Crippen LogP contribution in [0, 0.1) is 0 Å². The maximum Gasteiger partial charge on any atom is 0.453 e. The molecule has 1 heterocycles. The van der Waals surface area contributed by atoms with Crippen LogP contribution in [0.5, 0.6) is 11.5 Å². The van der Waals surface area contributed by atoms with Crippen LogP contribution in [-0.4, -0.2) is 8.32 Å². The van der Waals surface area contributed by atoms with Crippen molar-refractivity contribution in [2.75, 3.05) is 0 Å². The van der Waals surface area contributed by atoms with E-state index in [0.29, 0.717) is 5.75 Å². The molecule has 0 aliphatic heterocycles. The Morgan fingerprint density at radius 2 is 1.06 bits per heavy atom. The minimum Gasteiger partial charge on any atom is -0.543 e. The molecule has 7 aromatic carbocycles. The third kappa shape index (κ3) is 6.47. The largest absolute Gasteiger partial charge is 0.543 e. The maximum absolute atomic E-state index is 6.97. The van der Waals surface area contributed by atoms with E-state index < -0.39 is 24.5 Å². The lowest BCUT2D eigenvalue weighted by Crippen LogP contribution is -2.44. The van der Waals surface area contributed by atoms with Gasteiger partial charge in [0.05, 0.1) is 0 Å². The molecule has 0 atom stereocenters. The van der Waals surface area contributed by atoms with Gasteiger partial charge in [0.1, 0.15) is 22.7 Å². The molecule has 0 unspecified atom stereocenters. The molecule has 0 N–H and O–H groups in total. The molecule has 1 aromatic heterocycles. The molecule has 0 fully saturated rings. The van der Waals surface area contributed by atoms with Crippen LogP contribution >= 0.6 is 16.2 Å². The fourth-order valence-electron chi connectivity index (χ4n) is 6.31. The second-order valence-electron chi connectivity index (χ2n) is 14.3. The first-order chi connectivity index (χ1) is 24.7.